The third kappa shape index (κ3) is 1.19. The first-order chi connectivity index (χ1) is 8.37. The Morgan fingerprint density at radius 1 is 1.39 bits per heavy atom. The summed E-state index contributed by atoms with van der Waals surface area (Å²) in [4.78, 5) is 12.2. The van der Waals surface area contributed by atoms with E-state index in [0.717, 1.165) is 18.4 Å². The van der Waals surface area contributed by atoms with Crippen molar-refractivity contribution in [2.75, 3.05) is 6.61 Å². The summed E-state index contributed by atoms with van der Waals surface area (Å²) < 4.78 is 0. The fourth-order valence-electron chi connectivity index (χ4n) is 4.77. The van der Waals surface area contributed by atoms with E-state index in [2.05, 4.69) is 13.8 Å². The summed E-state index contributed by atoms with van der Waals surface area (Å²) >= 11 is 0. The van der Waals surface area contributed by atoms with Gasteiger partial charge in [0, 0.05) is 17.9 Å². The lowest BCUT2D eigenvalue weighted by atomic mass is 9.58. The van der Waals surface area contributed by atoms with Gasteiger partial charge in [-0.2, -0.15) is 0 Å². The lowest BCUT2D eigenvalue weighted by Crippen LogP contribution is -2.43. The van der Waals surface area contributed by atoms with Gasteiger partial charge in [-0.25, -0.2) is 0 Å². The highest BCUT2D eigenvalue weighted by Gasteiger charge is 2.73. The third-order valence-electron chi connectivity index (χ3n) is 6.11. The first-order valence-electron chi connectivity index (χ1n) is 6.92. The van der Waals surface area contributed by atoms with Crippen LogP contribution in [0.15, 0.2) is 11.6 Å². The van der Waals surface area contributed by atoms with Crippen LogP contribution in [0.3, 0.4) is 0 Å². The Morgan fingerprint density at radius 3 is 2.67 bits per heavy atom. The van der Waals surface area contributed by atoms with Gasteiger partial charge in [0.1, 0.15) is 0 Å². The van der Waals surface area contributed by atoms with Crippen LogP contribution >= 0.6 is 0 Å². The lowest BCUT2D eigenvalue weighted by Gasteiger charge is -2.47. The largest absolute Gasteiger partial charge is 0.396 e. The van der Waals surface area contributed by atoms with E-state index in [1.54, 1.807) is 6.08 Å². The van der Waals surface area contributed by atoms with Crippen LogP contribution in [0.1, 0.15) is 33.6 Å². The molecule has 0 aliphatic heterocycles. The van der Waals surface area contributed by atoms with Crippen molar-refractivity contribution in [3.8, 4) is 0 Å². The maximum atomic E-state index is 12.2. The fourth-order valence-corrected chi connectivity index (χ4v) is 4.77. The average molecular weight is 250 g/mol. The van der Waals surface area contributed by atoms with Crippen molar-refractivity contribution in [2.45, 2.75) is 39.7 Å². The van der Waals surface area contributed by atoms with E-state index in [4.69, 9.17) is 0 Å². The number of aliphatic hydroxyl groups is 2. The minimum atomic E-state index is -0.473. The molecule has 2 saturated carbocycles. The van der Waals surface area contributed by atoms with Crippen molar-refractivity contribution in [3.05, 3.63) is 11.6 Å². The molecule has 2 N–H and O–H groups in total. The van der Waals surface area contributed by atoms with Crippen molar-refractivity contribution in [2.24, 2.45) is 28.6 Å². The molecule has 100 valence electrons. The Bertz CT molecular complexity index is 441. The molecule has 0 aromatic heterocycles. The second-order valence-electron chi connectivity index (χ2n) is 6.90. The number of carbonyl (C=O) groups is 1. The predicted octanol–water partition coefficient (Wildman–Crippen LogP) is 1.54. The highest BCUT2D eigenvalue weighted by Crippen LogP contribution is 2.73. The number of fused-ring (bicyclic) bond motifs is 3. The highest BCUT2D eigenvalue weighted by atomic mass is 16.3. The topological polar surface area (TPSA) is 57.5 Å². The van der Waals surface area contributed by atoms with Crippen LogP contribution in [0.4, 0.5) is 0 Å². The molecule has 0 spiro atoms. The summed E-state index contributed by atoms with van der Waals surface area (Å²) in [6.45, 7) is 6.46. The lowest BCUT2D eigenvalue weighted by molar-refractivity contribution is -0.118. The maximum absolute atomic E-state index is 12.2. The van der Waals surface area contributed by atoms with Gasteiger partial charge in [-0.05, 0) is 41.7 Å². The van der Waals surface area contributed by atoms with Crippen LogP contribution in [0, 0.1) is 28.6 Å². The highest BCUT2D eigenvalue weighted by molar-refractivity contribution is 5.97. The van der Waals surface area contributed by atoms with Crippen molar-refractivity contribution < 1.29 is 15.0 Å². The quantitative estimate of drug-likeness (QED) is 0.742. The molecule has 3 aliphatic carbocycles. The van der Waals surface area contributed by atoms with Gasteiger partial charge in [0.15, 0.2) is 5.78 Å². The maximum Gasteiger partial charge on any atom is 0.159 e. The van der Waals surface area contributed by atoms with Crippen LogP contribution in [-0.2, 0) is 4.79 Å². The summed E-state index contributed by atoms with van der Waals surface area (Å²) in [5, 5.41) is 19.8. The Labute approximate surface area is 108 Å². The molecule has 0 saturated heterocycles. The van der Waals surface area contributed by atoms with E-state index in [9.17, 15) is 15.0 Å². The van der Waals surface area contributed by atoms with Crippen molar-refractivity contribution in [3.63, 3.8) is 0 Å². The second kappa shape index (κ2) is 3.45. The van der Waals surface area contributed by atoms with Crippen LogP contribution in [0.2, 0.25) is 0 Å². The molecule has 3 aliphatic rings. The number of aliphatic hydroxyl groups excluding tert-OH is 2. The Hall–Kier alpha value is -0.670. The molecule has 0 heterocycles. The Kier molecular flexibility index (Phi) is 2.37. The monoisotopic (exact) mass is 250 g/mol. The van der Waals surface area contributed by atoms with Crippen molar-refractivity contribution >= 4 is 5.78 Å². The van der Waals surface area contributed by atoms with E-state index in [1.165, 1.54) is 0 Å². The van der Waals surface area contributed by atoms with Crippen LogP contribution < -0.4 is 0 Å². The smallest absolute Gasteiger partial charge is 0.159 e. The van der Waals surface area contributed by atoms with E-state index in [-0.39, 0.29) is 35.1 Å². The van der Waals surface area contributed by atoms with Gasteiger partial charge >= 0.3 is 0 Å². The predicted molar refractivity (Wildman–Crippen MR) is 67.8 cm³/mol. The van der Waals surface area contributed by atoms with E-state index < -0.39 is 6.10 Å². The molecule has 18 heavy (non-hydrogen) atoms. The van der Waals surface area contributed by atoms with Gasteiger partial charge in [0.05, 0.1) is 6.10 Å². The normalized spacial score (nSPS) is 54.5. The molecule has 0 radical (unpaired) electrons. The van der Waals surface area contributed by atoms with Gasteiger partial charge in [0.2, 0.25) is 0 Å². The number of allylic oxidation sites excluding steroid dienone is 1. The summed E-state index contributed by atoms with van der Waals surface area (Å²) in [6, 6.07) is 0. The summed E-state index contributed by atoms with van der Waals surface area (Å²) in [5.74, 6) is 0.731. The molecule has 3 heteroatoms. The van der Waals surface area contributed by atoms with E-state index in [1.807, 2.05) is 6.92 Å². The molecule has 3 nitrogen and oxygen atoms in total. The summed E-state index contributed by atoms with van der Waals surface area (Å²) in [7, 11) is 0. The molecule has 3 rings (SSSR count). The molecule has 0 aromatic rings. The van der Waals surface area contributed by atoms with Gasteiger partial charge in [-0.1, -0.05) is 20.8 Å². The zero-order valence-electron chi connectivity index (χ0n) is 11.3. The molecular weight excluding hydrogens is 228 g/mol. The number of rotatable bonds is 1. The SMILES string of the molecule is C[C@H]1CC[C@@H](O)C2=CC(=O)[C@H]3[C@H](C3(C)CO)[C@@]21C. The first-order valence-corrected chi connectivity index (χ1v) is 6.92. The molecule has 0 amide bonds. The van der Waals surface area contributed by atoms with Crippen LogP contribution in [0.5, 0.6) is 0 Å². The van der Waals surface area contributed by atoms with E-state index in [0.29, 0.717) is 5.92 Å². The molecule has 0 aromatic carbocycles. The number of ketones is 1. The second-order valence-corrected chi connectivity index (χ2v) is 6.90. The van der Waals surface area contributed by atoms with Gasteiger partial charge in [-0.3, -0.25) is 4.79 Å². The average Bonchev–Trinajstić information content (AvgIpc) is 2.98. The first kappa shape index (κ1) is 12.4. The summed E-state index contributed by atoms with van der Waals surface area (Å²) in [6.07, 6.45) is 2.96. The number of hydrogen-bond donors (Lipinski definition) is 2. The third-order valence-corrected chi connectivity index (χ3v) is 6.11. The molecular formula is C15H22O3. The van der Waals surface area contributed by atoms with Crippen LogP contribution in [-0.4, -0.2) is 28.7 Å². The fraction of sp³-hybridized carbons (Fsp3) is 0.800. The van der Waals surface area contributed by atoms with Gasteiger partial charge in [-0.15, -0.1) is 0 Å². The Balaban J connectivity index is 2.10. The minimum absolute atomic E-state index is 0.0380. The van der Waals surface area contributed by atoms with Gasteiger partial charge in [0.25, 0.3) is 0 Å². The van der Waals surface area contributed by atoms with Gasteiger partial charge < -0.3 is 10.2 Å². The van der Waals surface area contributed by atoms with Crippen LogP contribution in [0.25, 0.3) is 0 Å². The number of carbonyl (C=O) groups excluding carboxylic acids is 1. The van der Waals surface area contributed by atoms with Crippen molar-refractivity contribution in [1.29, 1.82) is 0 Å². The standard InChI is InChI=1S/C15H22O3/c1-8-4-5-10(17)9-6-11(18)12-13(15(8,9)3)14(12,2)7-16/h6,8,10,12-13,16-17H,4-5,7H2,1-3H3/t8-,10+,12-,13+,14?,15+/m0/s1. The number of hydrogen-bond acceptors (Lipinski definition) is 3. The zero-order valence-corrected chi connectivity index (χ0v) is 11.3. The summed E-state index contributed by atoms with van der Waals surface area (Å²) in [5.41, 5.74) is 0.521. The molecule has 2 fully saturated rings. The molecule has 1 unspecified atom stereocenters. The molecule has 0 bridgehead atoms. The van der Waals surface area contributed by atoms with E-state index >= 15 is 0 Å². The Morgan fingerprint density at radius 2 is 2.06 bits per heavy atom. The minimum Gasteiger partial charge on any atom is -0.396 e. The van der Waals surface area contributed by atoms with Crippen molar-refractivity contribution in [1.82, 2.24) is 0 Å². The zero-order chi connectivity index (χ0) is 13.3. The molecule has 6 atom stereocenters.